The van der Waals surface area contributed by atoms with Crippen molar-refractivity contribution in [2.75, 3.05) is 19.8 Å². The highest BCUT2D eigenvalue weighted by Crippen LogP contribution is 2.28. The van der Waals surface area contributed by atoms with Crippen LogP contribution in [0.5, 0.6) is 0 Å². The third-order valence-corrected chi connectivity index (χ3v) is 4.20. The standard InChI is InChI=1S/C14H23NOS/c1-2-6-15-14(13-5-9-17-11-13)10-12-3-7-16-8-4-12/h5,9,11-12,14-15H,2-4,6-8,10H2,1H3. The summed E-state index contributed by atoms with van der Waals surface area (Å²) in [6.45, 7) is 5.25. The van der Waals surface area contributed by atoms with E-state index in [1.54, 1.807) is 11.3 Å². The van der Waals surface area contributed by atoms with Crippen LogP contribution in [0.4, 0.5) is 0 Å². The van der Waals surface area contributed by atoms with Crippen LogP contribution in [0.3, 0.4) is 0 Å². The molecule has 1 fully saturated rings. The lowest BCUT2D eigenvalue weighted by Gasteiger charge is -2.27. The first-order chi connectivity index (χ1) is 8.40. The van der Waals surface area contributed by atoms with E-state index in [0.29, 0.717) is 6.04 Å². The van der Waals surface area contributed by atoms with Gasteiger partial charge in [-0.2, -0.15) is 11.3 Å². The summed E-state index contributed by atoms with van der Waals surface area (Å²) in [5, 5.41) is 8.15. The molecule has 1 unspecified atom stereocenters. The summed E-state index contributed by atoms with van der Waals surface area (Å²) < 4.78 is 5.43. The van der Waals surface area contributed by atoms with E-state index in [1.165, 1.54) is 31.2 Å². The molecule has 0 spiro atoms. The summed E-state index contributed by atoms with van der Waals surface area (Å²) in [6.07, 6.45) is 4.93. The molecule has 0 radical (unpaired) electrons. The molecule has 0 amide bonds. The summed E-state index contributed by atoms with van der Waals surface area (Å²) >= 11 is 1.80. The van der Waals surface area contributed by atoms with E-state index in [0.717, 1.165) is 25.7 Å². The van der Waals surface area contributed by atoms with Crippen LogP contribution in [0, 0.1) is 5.92 Å². The minimum Gasteiger partial charge on any atom is -0.381 e. The molecule has 0 aromatic carbocycles. The Labute approximate surface area is 108 Å². The molecule has 1 atom stereocenters. The third kappa shape index (κ3) is 4.09. The van der Waals surface area contributed by atoms with Gasteiger partial charge in [-0.05, 0) is 60.5 Å². The first kappa shape index (κ1) is 13.1. The zero-order valence-electron chi connectivity index (χ0n) is 10.7. The van der Waals surface area contributed by atoms with Gasteiger partial charge in [0.25, 0.3) is 0 Å². The molecule has 1 aromatic rings. The average Bonchev–Trinajstić information content (AvgIpc) is 2.89. The van der Waals surface area contributed by atoms with Crippen molar-refractivity contribution < 1.29 is 4.74 Å². The molecule has 1 aliphatic heterocycles. The average molecular weight is 253 g/mol. The molecule has 1 saturated heterocycles. The summed E-state index contributed by atoms with van der Waals surface area (Å²) in [7, 11) is 0. The van der Waals surface area contributed by atoms with Gasteiger partial charge in [0, 0.05) is 19.3 Å². The molecule has 2 rings (SSSR count). The minimum absolute atomic E-state index is 0.546. The molecule has 0 bridgehead atoms. The molecular formula is C14H23NOS. The number of ether oxygens (including phenoxy) is 1. The van der Waals surface area contributed by atoms with Crippen LogP contribution in [0.1, 0.15) is 44.2 Å². The second-order valence-corrected chi connectivity index (χ2v) is 5.63. The maximum absolute atomic E-state index is 5.43. The summed E-state index contributed by atoms with van der Waals surface area (Å²) in [6, 6.07) is 2.81. The largest absolute Gasteiger partial charge is 0.381 e. The fourth-order valence-corrected chi connectivity index (χ4v) is 3.16. The third-order valence-electron chi connectivity index (χ3n) is 3.50. The van der Waals surface area contributed by atoms with Crippen LogP contribution >= 0.6 is 11.3 Å². The smallest absolute Gasteiger partial charge is 0.0468 e. The maximum atomic E-state index is 5.43. The fourth-order valence-electron chi connectivity index (χ4n) is 2.44. The van der Waals surface area contributed by atoms with Crippen molar-refractivity contribution in [3.05, 3.63) is 22.4 Å². The van der Waals surface area contributed by atoms with Crippen molar-refractivity contribution in [3.63, 3.8) is 0 Å². The van der Waals surface area contributed by atoms with Gasteiger partial charge in [-0.1, -0.05) is 6.92 Å². The Morgan fingerprint density at radius 3 is 2.94 bits per heavy atom. The molecule has 0 aliphatic carbocycles. The molecule has 0 saturated carbocycles. The molecule has 2 heterocycles. The van der Waals surface area contributed by atoms with E-state index in [9.17, 15) is 0 Å². The Kier molecular flexibility index (Phi) is 5.49. The van der Waals surface area contributed by atoms with Crippen LogP contribution in [-0.4, -0.2) is 19.8 Å². The van der Waals surface area contributed by atoms with E-state index in [-0.39, 0.29) is 0 Å². The maximum Gasteiger partial charge on any atom is 0.0468 e. The van der Waals surface area contributed by atoms with Crippen molar-refractivity contribution >= 4 is 11.3 Å². The highest BCUT2D eigenvalue weighted by atomic mass is 32.1. The van der Waals surface area contributed by atoms with Gasteiger partial charge >= 0.3 is 0 Å². The van der Waals surface area contributed by atoms with Crippen molar-refractivity contribution in [1.82, 2.24) is 5.32 Å². The van der Waals surface area contributed by atoms with Crippen molar-refractivity contribution in [1.29, 1.82) is 0 Å². The van der Waals surface area contributed by atoms with Crippen LogP contribution < -0.4 is 5.32 Å². The molecule has 1 aromatic heterocycles. The SMILES string of the molecule is CCCNC(CC1CCOCC1)c1ccsc1. The van der Waals surface area contributed by atoms with Crippen molar-refractivity contribution in [2.45, 2.75) is 38.6 Å². The first-order valence-electron chi connectivity index (χ1n) is 6.73. The van der Waals surface area contributed by atoms with Crippen molar-refractivity contribution in [2.24, 2.45) is 5.92 Å². The lowest BCUT2D eigenvalue weighted by molar-refractivity contribution is 0.0605. The minimum atomic E-state index is 0.546. The molecule has 96 valence electrons. The predicted molar refractivity (Wildman–Crippen MR) is 73.5 cm³/mol. The molecule has 3 heteroatoms. The van der Waals surface area contributed by atoms with E-state index in [2.05, 4.69) is 29.1 Å². The van der Waals surface area contributed by atoms with Gasteiger partial charge in [-0.3, -0.25) is 0 Å². The van der Waals surface area contributed by atoms with Gasteiger partial charge in [0.15, 0.2) is 0 Å². The van der Waals surface area contributed by atoms with Gasteiger partial charge in [-0.25, -0.2) is 0 Å². The topological polar surface area (TPSA) is 21.3 Å². The number of thiophene rings is 1. The fraction of sp³-hybridized carbons (Fsp3) is 0.714. The summed E-state index contributed by atoms with van der Waals surface area (Å²) in [4.78, 5) is 0. The number of nitrogens with one attached hydrogen (secondary N) is 1. The van der Waals surface area contributed by atoms with Gasteiger partial charge in [0.05, 0.1) is 0 Å². The number of hydrogen-bond acceptors (Lipinski definition) is 3. The van der Waals surface area contributed by atoms with Crippen LogP contribution in [0.15, 0.2) is 16.8 Å². The summed E-state index contributed by atoms with van der Waals surface area (Å²) in [5.74, 6) is 0.831. The molecule has 17 heavy (non-hydrogen) atoms. The molecule has 2 nitrogen and oxygen atoms in total. The Morgan fingerprint density at radius 2 is 2.29 bits per heavy atom. The monoisotopic (exact) mass is 253 g/mol. The zero-order chi connectivity index (χ0) is 11.9. The van der Waals surface area contributed by atoms with Crippen LogP contribution in [0.25, 0.3) is 0 Å². The second-order valence-electron chi connectivity index (χ2n) is 4.85. The Bertz CT molecular complexity index is 293. The number of hydrogen-bond donors (Lipinski definition) is 1. The van der Waals surface area contributed by atoms with Gasteiger partial charge in [0.1, 0.15) is 0 Å². The molecule has 1 aliphatic rings. The number of rotatable bonds is 6. The van der Waals surface area contributed by atoms with E-state index in [1.807, 2.05) is 0 Å². The second kappa shape index (κ2) is 7.14. The van der Waals surface area contributed by atoms with E-state index in [4.69, 9.17) is 4.74 Å². The van der Waals surface area contributed by atoms with Crippen LogP contribution in [0.2, 0.25) is 0 Å². The van der Waals surface area contributed by atoms with E-state index < -0.39 is 0 Å². The first-order valence-corrected chi connectivity index (χ1v) is 7.67. The zero-order valence-corrected chi connectivity index (χ0v) is 11.5. The van der Waals surface area contributed by atoms with E-state index >= 15 is 0 Å². The van der Waals surface area contributed by atoms with Gasteiger partial charge in [0.2, 0.25) is 0 Å². The summed E-state index contributed by atoms with van der Waals surface area (Å²) in [5.41, 5.74) is 1.47. The Hall–Kier alpha value is -0.380. The van der Waals surface area contributed by atoms with Gasteiger partial charge in [-0.15, -0.1) is 0 Å². The van der Waals surface area contributed by atoms with Crippen LogP contribution in [-0.2, 0) is 4.74 Å². The predicted octanol–water partition coefficient (Wildman–Crippen LogP) is 3.61. The van der Waals surface area contributed by atoms with Crippen molar-refractivity contribution in [3.8, 4) is 0 Å². The lowest BCUT2D eigenvalue weighted by Crippen LogP contribution is -2.26. The normalized spacial score (nSPS) is 19.4. The van der Waals surface area contributed by atoms with Gasteiger partial charge < -0.3 is 10.1 Å². The lowest BCUT2D eigenvalue weighted by atomic mass is 9.90. The molecule has 1 N–H and O–H groups in total. The Morgan fingerprint density at radius 1 is 1.47 bits per heavy atom. The quantitative estimate of drug-likeness (QED) is 0.836. The Balaban J connectivity index is 1.90. The highest BCUT2D eigenvalue weighted by molar-refractivity contribution is 7.07. The molecular weight excluding hydrogens is 230 g/mol. The highest BCUT2D eigenvalue weighted by Gasteiger charge is 2.20.